The van der Waals surface area contributed by atoms with E-state index in [4.69, 9.17) is 9.47 Å². The first-order chi connectivity index (χ1) is 8.81. The molecule has 3 rings (SSSR count). The van der Waals surface area contributed by atoms with E-state index in [0.717, 1.165) is 16.2 Å². The summed E-state index contributed by atoms with van der Waals surface area (Å²) in [5.74, 6) is 2.35. The second kappa shape index (κ2) is 5.50. The molecule has 5 nitrogen and oxygen atoms in total. The lowest BCUT2D eigenvalue weighted by Crippen LogP contribution is -2.34. The highest BCUT2D eigenvalue weighted by Crippen LogP contribution is 2.38. The third-order valence-corrected chi connectivity index (χ3v) is 3.46. The van der Waals surface area contributed by atoms with Crippen LogP contribution in [0, 0.1) is 0 Å². The van der Waals surface area contributed by atoms with E-state index in [1.807, 2.05) is 6.07 Å². The normalized spacial score (nSPS) is 23.9. The maximum atomic E-state index is 5.58. The molecular formula is C12H16BrN3O2. The number of nitrogens with one attached hydrogen (secondary N) is 1. The number of anilines is 1. The Labute approximate surface area is 114 Å². The molecule has 0 radical (unpaired) electrons. The van der Waals surface area contributed by atoms with Crippen LogP contribution in [0.5, 0.6) is 0 Å². The fourth-order valence-electron chi connectivity index (χ4n) is 1.92. The highest BCUT2D eigenvalue weighted by atomic mass is 79.9. The van der Waals surface area contributed by atoms with Gasteiger partial charge in [-0.1, -0.05) is 0 Å². The first kappa shape index (κ1) is 12.3. The molecular weight excluding hydrogens is 298 g/mol. The van der Waals surface area contributed by atoms with Gasteiger partial charge >= 0.3 is 0 Å². The van der Waals surface area contributed by atoms with Gasteiger partial charge in [-0.25, -0.2) is 9.97 Å². The molecule has 0 amide bonds. The molecule has 0 aromatic carbocycles. The van der Waals surface area contributed by atoms with Crippen LogP contribution in [0.1, 0.15) is 24.6 Å². The van der Waals surface area contributed by atoms with Crippen LogP contribution >= 0.6 is 15.9 Å². The van der Waals surface area contributed by atoms with Crippen LogP contribution < -0.4 is 5.32 Å². The molecule has 1 atom stereocenters. The molecule has 1 aromatic heterocycles. The molecule has 2 fully saturated rings. The van der Waals surface area contributed by atoms with Crippen LogP contribution in [0.4, 0.5) is 5.82 Å². The number of hydrogen-bond donors (Lipinski definition) is 1. The minimum atomic E-state index is 0.108. The lowest BCUT2D eigenvalue weighted by molar-refractivity contribution is -0.0819. The largest absolute Gasteiger partial charge is 0.376 e. The first-order valence-electron chi connectivity index (χ1n) is 6.29. The Balaban J connectivity index is 1.60. The maximum Gasteiger partial charge on any atom is 0.135 e. The van der Waals surface area contributed by atoms with E-state index in [0.29, 0.717) is 32.3 Å². The van der Waals surface area contributed by atoms with E-state index in [-0.39, 0.29) is 6.10 Å². The predicted octanol–water partition coefficient (Wildman–Crippen LogP) is 1.94. The van der Waals surface area contributed by atoms with Gasteiger partial charge in [0.25, 0.3) is 0 Å². The van der Waals surface area contributed by atoms with Crippen LogP contribution in [-0.2, 0) is 9.47 Å². The predicted molar refractivity (Wildman–Crippen MR) is 70.8 cm³/mol. The second-order valence-corrected chi connectivity index (χ2v) is 5.47. The highest BCUT2D eigenvalue weighted by Gasteiger charge is 2.27. The topological polar surface area (TPSA) is 56.3 Å². The summed E-state index contributed by atoms with van der Waals surface area (Å²) in [6, 6.07) is 1.90. The van der Waals surface area contributed by atoms with Crippen LogP contribution in [0.25, 0.3) is 0 Å². The van der Waals surface area contributed by atoms with E-state index in [9.17, 15) is 0 Å². The Morgan fingerprint density at radius 3 is 2.94 bits per heavy atom. The molecule has 6 heteroatoms. The molecule has 2 aliphatic rings. The molecule has 1 saturated carbocycles. The fourth-order valence-corrected chi connectivity index (χ4v) is 2.32. The smallest absolute Gasteiger partial charge is 0.135 e. The number of ether oxygens (including phenoxy) is 2. The molecule has 1 aliphatic heterocycles. The Morgan fingerprint density at radius 1 is 1.33 bits per heavy atom. The molecule has 18 heavy (non-hydrogen) atoms. The maximum absolute atomic E-state index is 5.58. The van der Waals surface area contributed by atoms with Crippen LogP contribution in [0.3, 0.4) is 0 Å². The van der Waals surface area contributed by atoms with Gasteiger partial charge in [-0.3, -0.25) is 0 Å². The van der Waals surface area contributed by atoms with Crippen molar-refractivity contribution < 1.29 is 9.47 Å². The number of aromatic nitrogens is 2. The number of rotatable bonds is 4. The quantitative estimate of drug-likeness (QED) is 0.861. The van der Waals surface area contributed by atoms with Gasteiger partial charge in [0.1, 0.15) is 16.2 Å². The van der Waals surface area contributed by atoms with Crippen LogP contribution in [0.15, 0.2) is 10.7 Å². The molecule has 1 saturated heterocycles. The molecule has 98 valence electrons. The van der Waals surface area contributed by atoms with Crippen molar-refractivity contribution in [2.24, 2.45) is 0 Å². The third kappa shape index (κ3) is 3.18. The van der Waals surface area contributed by atoms with Crippen molar-refractivity contribution in [2.75, 3.05) is 31.7 Å². The van der Waals surface area contributed by atoms with E-state index < -0.39 is 0 Å². The van der Waals surface area contributed by atoms with Crippen LogP contribution in [0.2, 0.25) is 0 Å². The average molecular weight is 314 g/mol. The Kier molecular flexibility index (Phi) is 3.77. The second-order valence-electron chi connectivity index (χ2n) is 4.66. The summed E-state index contributed by atoms with van der Waals surface area (Å²) in [6.07, 6.45) is 2.52. The monoisotopic (exact) mass is 313 g/mol. The number of halogens is 1. The lowest BCUT2D eigenvalue weighted by atomic mass is 10.3. The van der Waals surface area contributed by atoms with Gasteiger partial charge in [0.05, 0.1) is 25.9 Å². The molecule has 0 bridgehead atoms. The highest BCUT2D eigenvalue weighted by molar-refractivity contribution is 9.10. The zero-order valence-corrected chi connectivity index (χ0v) is 11.6. The summed E-state index contributed by atoms with van der Waals surface area (Å²) < 4.78 is 11.8. The van der Waals surface area contributed by atoms with Crippen molar-refractivity contribution >= 4 is 21.7 Å². The summed E-state index contributed by atoms with van der Waals surface area (Å²) in [4.78, 5) is 8.93. The van der Waals surface area contributed by atoms with Gasteiger partial charge in [0, 0.05) is 18.5 Å². The minimum Gasteiger partial charge on any atom is -0.376 e. The fraction of sp³-hybridized carbons (Fsp3) is 0.667. The van der Waals surface area contributed by atoms with Crippen LogP contribution in [-0.4, -0.2) is 42.4 Å². The first-order valence-corrected chi connectivity index (χ1v) is 7.08. The van der Waals surface area contributed by atoms with Crippen molar-refractivity contribution in [1.29, 1.82) is 0 Å². The number of hydrogen-bond acceptors (Lipinski definition) is 5. The van der Waals surface area contributed by atoms with Gasteiger partial charge < -0.3 is 14.8 Å². The van der Waals surface area contributed by atoms with E-state index >= 15 is 0 Å². The molecule has 1 N–H and O–H groups in total. The standard InChI is InChI=1S/C12H16BrN3O2/c13-10-5-11(16-12(15-10)8-1-2-8)14-6-9-7-17-3-4-18-9/h5,8-9H,1-4,6-7H2,(H,14,15,16). The molecule has 0 spiro atoms. The molecule has 2 heterocycles. The molecule has 1 unspecified atom stereocenters. The Morgan fingerprint density at radius 2 is 2.22 bits per heavy atom. The van der Waals surface area contributed by atoms with Gasteiger partial charge in [-0.15, -0.1) is 0 Å². The summed E-state index contributed by atoms with van der Waals surface area (Å²) in [5.41, 5.74) is 0. The Hall–Kier alpha value is -0.720. The summed E-state index contributed by atoms with van der Waals surface area (Å²) >= 11 is 3.43. The van der Waals surface area contributed by atoms with Crippen molar-refractivity contribution in [3.63, 3.8) is 0 Å². The zero-order valence-electron chi connectivity index (χ0n) is 10.1. The zero-order chi connectivity index (χ0) is 12.4. The third-order valence-electron chi connectivity index (χ3n) is 3.05. The van der Waals surface area contributed by atoms with Gasteiger partial charge in [-0.05, 0) is 28.8 Å². The Bertz CT molecular complexity index is 420. The molecule has 1 aliphatic carbocycles. The molecule has 1 aromatic rings. The van der Waals surface area contributed by atoms with Crippen molar-refractivity contribution in [3.05, 3.63) is 16.5 Å². The van der Waals surface area contributed by atoms with Gasteiger partial charge in [-0.2, -0.15) is 0 Å². The van der Waals surface area contributed by atoms with E-state index in [1.165, 1.54) is 12.8 Å². The van der Waals surface area contributed by atoms with Gasteiger partial charge in [0.15, 0.2) is 0 Å². The van der Waals surface area contributed by atoms with Crippen molar-refractivity contribution in [2.45, 2.75) is 24.9 Å². The summed E-state index contributed by atoms with van der Waals surface area (Å²) in [6.45, 7) is 2.73. The van der Waals surface area contributed by atoms with Gasteiger partial charge in [0.2, 0.25) is 0 Å². The SMILES string of the molecule is Brc1cc(NCC2COCCO2)nc(C2CC2)n1. The lowest BCUT2D eigenvalue weighted by Gasteiger charge is -2.23. The van der Waals surface area contributed by atoms with Crippen molar-refractivity contribution in [1.82, 2.24) is 9.97 Å². The van der Waals surface area contributed by atoms with E-state index in [2.05, 4.69) is 31.2 Å². The average Bonchev–Trinajstić information content (AvgIpc) is 3.21. The summed E-state index contributed by atoms with van der Waals surface area (Å²) in [7, 11) is 0. The minimum absolute atomic E-state index is 0.108. The number of nitrogens with zero attached hydrogens (tertiary/aromatic N) is 2. The summed E-state index contributed by atoms with van der Waals surface area (Å²) in [5, 5.41) is 3.29. The van der Waals surface area contributed by atoms with E-state index in [1.54, 1.807) is 0 Å². The van der Waals surface area contributed by atoms with Crippen molar-refractivity contribution in [3.8, 4) is 0 Å².